The second-order valence-electron chi connectivity index (χ2n) is 3.55. The number of aliphatic imine (C=N–C) groups is 1. The highest BCUT2D eigenvalue weighted by Gasteiger charge is 2.17. The van der Waals surface area contributed by atoms with Gasteiger partial charge in [0.1, 0.15) is 0 Å². The van der Waals surface area contributed by atoms with Gasteiger partial charge in [-0.05, 0) is 12.1 Å². The lowest BCUT2D eigenvalue weighted by atomic mass is 10.1. The summed E-state index contributed by atoms with van der Waals surface area (Å²) in [5.74, 6) is -0.150. The van der Waals surface area contributed by atoms with Crippen LogP contribution >= 0.6 is 35.6 Å². The normalized spacial score (nSPS) is 12.8. The Bertz CT molecular complexity index is 549. The summed E-state index contributed by atoms with van der Waals surface area (Å²) in [7, 11) is 0. The van der Waals surface area contributed by atoms with Crippen molar-refractivity contribution in [3.8, 4) is 6.07 Å². The molecule has 100 valence electrons. The van der Waals surface area contributed by atoms with Crippen molar-refractivity contribution in [3.63, 3.8) is 0 Å². The molecule has 1 fully saturated rings. The van der Waals surface area contributed by atoms with Crippen molar-refractivity contribution in [3.05, 3.63) is 33.3 Å². The fraction of sp³-hybridized carbons (Fsp3) is 0.182. The fourth-order valence-corrected chi connectivity index (χ4v) is 2.15. The van der Waals surface area contributed by atoms with Crippen LogP contribution in [0, 0.1) is 11.3 Å². The molecule has 1 saturated heterocycles. The average Bonchev–Trinajstić information content (AvgIpc) is 2.80. The summed E-state index contributed by atoms with van der Waals surface area (Å²) < 4.78 is 0. The van der Waals surface area contributed by atoms with Gasteiger partial charge in [0.15, 0.2) is 5.96 Å². The molecule has 0 saturated carbocycles. The highest BCUT2D eigenvalue weighted by molar-refractivity contribution is 6.40. The van der Waals surface area contributed by atoms with E-state index < -0.39 is 5.91 Å². The molecule has 1 aromatic rings. The van der Waals surface area contributed by atoms with Crippen LogP contribution in [0.5, 0.6) is 0 Å². The van der Waals surface area contributed by atoms with Crippen LogP contribution in [0.25, 0.3) is 0 Å². The molecule has 1 heterocycles. The van der Waals surface area contributed by atoms with Crippen LogP contribution in [-0.2, 0) is 0 Å². The third-order valence-electron chi connectivity index (χ3n) is 2.31. The quantitative estimate of drug-likeness (QED) is 0.830. The SMILES string of the molecule is Cl.N#Cc1cc(Cl)c(C(=O)N=C2NCCN2)c(Cl)c1. The molecule has 1 aliphatic rings. The van der Waals surface area contributed by atoms with Gasteiger partial charge in [-0.25, -0.2) is 0 Å². The number of benzene rings is 1. The Morgan fingerprint density at radius 2 is 1.79 bits per heavy atom. The Morgan fingerprint density at radius 3 is 2.26 bits per heavy atom. The number of amides is 1. The number of carbonyl (C=O) groups is 1. The van der Waals surface area contributed by atoms with Gasteiger partial charge >= 0.3 is 0 Å². The largest absolute Gasteiger partial charge is 0.354 e. The summed E-state index contributed by atoms with van der Waals surface area (Å²) in [6, 6.07) is 4.68. The van der Waals surface area contributed by atoms with E-state index in [1.807, 2.05) is 6.07 Å². The van der Waals surface area contributed by atoms with Gasteiger partial charge in [-0.3, -0.25) is 4.79 Å². The predicted octanol–water partition coefficient (Wildman–Crippen LogP) is 1.98. The molecule has 1 aromatic carbocycles. The molecule has 19 heavy (non-hydrogen) atoms. The van der Waals surface area contributed by atoms with Gasteiger partial charge in [0.25, 0.3) is 5.91 Å². The van der Waals surface area contributed by atoms with E-state index >= 15 is 0 Å². The van der Waals surface area contributed by atoms with Crippen molar-refractivity contribution in [2.75, 3.05) is 13.1 Å². The van der Waals surface area contributed by atoms with Gasteiger partial charge in [0.2, 0.25) is 0 Å². The van der Waals surface area contributed by atoms with E-state index in [0.717, 1.165) is 0 Å². The van der Waals surface area contributed by atoms with Crippen molar-refractivity contribution in [1.29, 1.82) is 5.26 Å². The first-order valence-corrected chi connectivity index (χ1v) is 5.87. The predicted molar refractivity (Wildman–Crippen MR) is 76.2 cm³/mol. The molecule has 0 bridgehead atoms. The number of guanidine groups is 1. The zero-order chi connectivity index (χ0) is 13.1. The van der Waals surface area contributed by atoms with Crippen LogP contribution in [-0.4, -0.2) is 25.0 Å². The summed E-state index contributed by atoms with van der Waals surface area (Å²) in [5.41, 5.74) is 0.395. The van der Waals surface area contributed by atoms with Gasteiger partial charge in [-0.1, -0.05) is 23.2 Å². The van der Waals surface area contributed by atoms with Crippen LogP contribution in [0.4, 0.5) is 0 Å². The molecule has 5 nitrogen and oxygen atoms in total. The minimum atomic E-state index is -0.550. The number of rotatable bonds is 1. The number of halogens is 3. The van der Waals surface area contributed by atoms with Crippen LogP contribution in [0.3, 0.4) is 0 Å². The van der Waals surface area contributed by atoms with Gasteiger partial charge < -0.3 is 10.6 Å². The van der Waals surface area contributed by atoms with E-state index in [2.05, 4.69) is 15.6 Å². The number of carbonyl (C=O) groups excluding carboxylic acids is 1. The minimum absolute atomic E-state index is 0. The molecule has 0 aliphatic carbocycles. The summed E-state index contributed by atoms with van der Waals surface area (Å²) in [6.07, 6.45) is 0. The smallest absolute Gasteiger partial charge is 0.283 e. The fourth-order valence-electron chi connectivity index (χ4n) is 1.50. The molecular weight excluding hydrogens is 311 g/mol. The van der Waals surface area contributed by atoms with E-state index in [1.165, 1.54) is 12.1 Å². The molecule has 2 rings (SSSR count). The van der Waals surface area contributed by atoms with E-state index in [4.69, 9.17) is 28.5 Å². The Kier molecular flexibility index (Phi) is 5.43. The first kappa shape index (κ1) is 15.6. The lowest BCUT2D eigenvalue weighted by Crippen LogP contribution is -2.25. The lowest BCUT2D eigenvalue weighted by molar-refractivity contribution is 0.100. The second-order valence-corrected chi connectivity index (χ2v) is 4.36. The number of nitriles is 1. The van der Waals surface area contributed by atoms with E-state index in [0.29, 0.717) is 24.6 Å². The van der Waals surface area contributed by atoms with Gasteiger partial charge in [0.05, 0.1) is 27.2 Å². The molecular formula is C11H9Cl3N4O. The Morgan fingerprint density at radius 1 is 1.26 bits per heavy atom. The summed E-state index contributed by atoms with van der Waals surface area (Å²) in [4.78, 5) is 15.7. The van der Waals surface area contributed by atoms with Gasteiger partial charge in [-0.2, -0.15) is 10.3 Å². The van der Waals surface area contributed by atoms with Gasteiger partial charge in [-0.15, -0.1) is 12.4 Å². The number of hydrogen-bond donors (Lipinski definition) is 2. The van der Waals surface area contributed by atoms with Crippen molar-refractivity contribution in [1.82, 2.24) is 10.6 Å². The van der Waals surface area contributed by atoms with Crippen molar-refractivity contribution in [2.24, 2.45) is 4.99 Å². The van der Waals surface area contributed by atoms with Crippen molar-refractivity contribution in [2.45, 2.75) is 0 Å². The standard InChI is InChI=1S/C11H8Cl2N4O.ClH/c12-7-3-6(5-14)4-8(13)9(7)10(18)17-11-15-1-2-16-11;/h3-4H,1-2H2,(H2,15,16,17,18);1H. The maximum absolute atomic E-state index is 11.9. The topological polar surface area (TPSA) is 77.3 Å². The Hall–Kier alpha value is -1.48. The molecule has 0 radical (unpaired) electrons. The maximum atomic E-state index is 11.9. The van der Waals surface area contributed by atoms with Crippen LogP contribution in [0.2, 0.25) is 10.0 Å². The number of nitrogens with zero attached hydrogens (tertiary/aromatic N) is 2. The minimum Gasteiger partial charge on any atom is -0.354 e. The third-order valence-corrected chi connectivity index (χ3v) is 2.90. The lowest BCUT2D eigenvalue weighted by Gasteiger charge is -2.04. The zero-order valence-electron chi connectivity index (χ0n) is 9.54. The molecule has 0 aromatic heterocycles. The monoisotopic (exact) mass is 318 g/mol. The first-order valence-electron chi connectivity index (χ1n) is 5.11. The second kappa shape index (κ2) is 6.62. The van der Waals surface area contributed by atoms with E-state index in [9.17, 15) is 4.79 Å². The molecule has 1 aliphatic heterocycles. The highest BCUT2D eigenvalue weighted by Crippen LogP contribution is 2.27. The molecule has 0 atom stereocenters. The molecule has 1 amide bonds. The number of nitrogens with one attached hydrogen (secondary N) is 2. The summed E-state index contributed by atoms with van der Waals surface area (Å²) >= 11 is 11.9. The van der Waals surface area contributed by atoms with Crippen molar-refractivity contribution < 1.29 is 4.79 Å². The van der Waals surface area contributed by atoms with E-state index in [1.54, 1.807) is 0 Å². The third kappa shape index (κ3) is 3.51. The molecule has 2 N–H and O–H groups in total. The van der Waals surface area contributed by atoms with Crippen LogP contribution < -0.4 is 10.6 Å². The van der Waals surface area contributed by atoms with Gasteiger partial charge in [0, 0.05) is 13.1 Å². The summed E-state index contributed by atoms with van der Waals surface area (Å²) in [6.45, 7) is 1.42. The molecule has 0 unspecified atom stereocenters. The average molecular weight is 320 g/mol. The zero-order valence-corrected chi connectivity index (χ0v) is 11.9. The van der Waals surface area contributed by atoms with Crippen LogP contribution in [0.1, 0.15) is 15.9 Å². The summed E-state index contributed by atoms with van der Waals surface area (Å²) in [5, 5.41) is 14.8. The van der Waals surface area contributed by atoms with Crippen LogP contribution in [0.15, 0.2) is 17.1 Å². The Labute approximate surface area is 126 Å². The molecule has 8 heteroatoms. The molecule has 0 spiro atoms. The Balaban J connectivity index is 0.00000180. The highest BCUT2D eigenvalue weighted by atomic mass is 35.5. The number of hydrogen-bond acceptors (Lipinski definition) is 2. The first-order chi connectivity index (χ1) is 8.61. The van der Waals surface area contributed by atoms with E-state index in [-0.39, 0.29) is 28.0 Å². The maximum Gasteiger partial charge on any atom is 0.283 e. The van der Waals surface area contributed by atoms with Crippen molar-refractivity contribution >= 4 is 47.5 Å².